The third-order valence-electron chi connectivity index (χ3n) is 5.15. The van der Waals surface area contributed by atoms with E-state index in [1.165, 1.54) is 12.1 Å². The lowest BCUT2D eigenvalue weighted by atomic mass is 10.1. The smallest absolute Gasteiger partial charge is 0.270 e. The molecule has 1 unspecified atom stereocenters. The fourth-order valence-corrected chi connectivity index (χ4v) is 3.61. The number of amides is 1. The highest BCUT2D eigenvalue weighted by Gasteiger charge is 2.23. The van der Waals surface area contributed by atoms with E-state index in [0.29, 0.717) is 12.1 Å². The first-order chi connectivity index (χ1) is 13.5. The minimum atomic E-state index is -0.461. The summed E-state index contributed by atoms with van der Waals surface area (Å²) in [5, 5.41) is 14.2. The van der Waals surface area contributed by atoms with Gasteiger partial charge in [0.15, 0.2) is 0 Å². The number of benzene rings is 2. The van der Waals surface area contributed by atoms with Crippen LogP contribution >= 0.6 is 0 Å². The number of nitro groups is 1. The molecule has 1 saturated heterocycles. The van der Waals surface area contributed by atoms with Crippen LogP contribution in [-0.2, 0) is 0 Å². The van der Waals surface area contributed by atoms with Crippen LogP contribution < -0.4 is 10.2 Å². The van der Waals surface area contributed by atoms with E-state index < -0.39 is 4.92 Å². The fraction of sp³-hybridized carbons (Fsp3) is 0.381. The third kappa shape index (κ3) is 4.48. The van der Waals surface area contributed by atoms with Crippen molar-refractivity contribution in [1.82, 2.24) is 10.2 Å². The van der Waals surface area contributed by atoms with Crippen LogP contribution in [0.2, 0.25) is 0 Å². The maximum atomic E-state index is 13.0. The molecule has 1 amide bonds. The molecule has 7 heteroatoms. The average molecular weight is 382 g/mol. The number of non-ortho nitro benzene ring substituents is 1. The van der Waals surface area contributed by atoms with E-state index in [4.69, 9.17) is 0 Å². The van der Waals surface area contributed by atoms with E-state index in [1.807, 2.05) is 49.3 Å². The van der Waals surface area contributed by atoms with E-state index >= 15 is 0 Å². The Morgan fingerprint density at radius 2 is 1.86 bits per heavy atom. The number of nitro benzene ring substituents is 1. The molecule has 2 aromatic rings. The van der Waals surface area contributed by atoms with Crippen LogP contribution in [0.5, 0.6) is 0 Å². The molecule has 28 heavy (non-hydrogen) atoms. The van der Waals surface area contributed by atoms with Gasteiger partial charge in [0.2, 0.25) is 0 Å². The van der Waals surface area contributed by atoms with E-state index in [9.17, 15) is 14.9 Å². The van der Waals surface area contributed by atoms with Crippen LogP contribution in [0.15, 0.2) is 48.5 Å². The molecule has 148 valence electrons. The van der Waals surface area contributed by atoms with Crippen LogP contribution in [0.3, 0.4) is 0 Å². The Morgan fingerprint density at radius 3 is 2.46 bits per heavy atom. The minimum absolute atomic E-state index is 0.0130. The van der Waals surface area contributed by atoms with Crippen molar-refractivity contribution in [2.24, 2.45) is 0 Å². The summed E-state index contributed by atoms with van der Waals surface area (Å²) < 4.78 is 0. The maximum Gasteiger partial charge on any atom is 0.270 e. The summed E-state index contributed by atoms with van der Waals surface area (Å²) in [6.45, 7) is 2.14. The quantitative estimate of drug-likeness (QED) is 0.588. The summed E-state index contributed by atoms with van der Waals surface area (Å²) in [5.41, 5.74) is 2.16. The summed E-state index contributed by atoms with van der Waals surface area (Å²) in [5.74, 6) is -0.284. The zero-order chi connectivity index (χ0) is 20.1. The number of nitrogens with one attached hydrogen (secondary N) is 1. The molecule has 1 atom stereocenters. The van der Waals surface area contributed by atoms with Crippen LogP contribution in [0.1, 0.15) is 34.8 Å². The second-order valence-corrected chi connectivity index (χ2v) is 7.25. The summed E-state index contributed by atoms with van der Waals surface area (Å²) in [4.78, 5) is 27.9. The molecule has 1 N–H and O–H groups in total. The number of hydrogen-bond donors (Lipinski definition) is 1. The molecule has 0 saturated carbocycles. The van der Waals surface area contributed by atoms with Crippen LogP contribution in [-0.4, -0.2) is 49.5 Å². The fourth-order valence-electron chi connectivity index (χ4n) is 3.61. The number of nitrogens with zero attached hydrogens (tertiary/aromatic N) is 3. The lowest BCUT2D eigenvalue weighted by Gasteiger charge is -2.26. The first kappa shape index (κ1) is 19.8. The van der Waals surface area contributed by atoms with E-state index in [1.54, 1.807) is 6.07 Å². The van der Waals surface area contributed by atoms with Crippen molar-refractivity contribution in [2.45, 2.75) is 18.9 Å². The van der Waals surface area contributed by atoms with Crippen molar-refractivity contribution in [1.29, 1.82) is 0 Å². The zero-order valence-corrected chi connectivity index (χ0v) is 16.3. The molecule has 0 aromatic heterocycles. The second-order valence-electron chi connectivity index (χ2n) is 7.25. The average Bonchev–Trinajstić information content (AvgIpc) is 3.22. The highest BCUT2D eigenvalue weighted by Crippen LogP contribution is 2.28. The zero-order valence-electron chi connectivity index (χ0n) is 16.3. The minimum Gasteiger partial charge on any atom is -0.371 e. The molecule has 3 rings (SSSR count). The second kappa shape index (κ2) is 8.84. The van der Waals surface area contributed by atoms with Gasteiger partial charge in [0, 0.05) is 31.8 Å². The molecule has 0 spiro atoms. The number of likely N-dealkylation sites (N-methyl/N-ethyl adjacent to an activating group) is 1. The highest BCUT2D eigenvalue weighted by atomic mass is 16.6. The van der Waals surface area contributed by atoms with Gasteiger partial charge in [-0.25, -0.2) is 0 Å². The number of anilines is 1. The van der Waals surface area contributed by atoms with Crippen molar-refractivity contribution in [3.63, 3.8) is 0 Å². The summed E-state index contributed by atoms with van der Waals surface area (Å²) >= 11 is 0. The molecule has 7 nitrogen and oxygen atoms in total. The summed E-state index contributed by atoms with van der Waals surface area (Å²) in [7, 11) is 3.93. The number of hydrogen-bond acceptors (Lipinski definition) is 5. The Morgan fingerprint density at radius 1 is 1.18 bits per heavy atom. The molecule has 0 bridgehead atoms. The van der Waals surface area contributed by atoms with Crippen molar-refractivity contribution in [3.05, 3.63) is 69.8 Å². The topological polar surface area (TPSA) is 78.7 Å². The lowest BCUT2D eigenvalue weighted by Crippen LogP contribution is -2.35. The van der Waals surface area contributed by atoms with Gasteiger partial charge in [0.05, 0.1) is 22.2 Å². The van der Waals surface area contributed by atoms with Crippen molar-refractivity contribution in [2.75, 3.05) is 38.6 Å². The van der Waals surface area contributed by atoms with E-state index in [2.05, 4.69) is 10.2 Å². The van der Waals surface area contributed by atoms with Crippen molar-refractivity contribution < 1.29 is 9.72 Å². The number of carbonyl (C=O) groups excluding carboxylic acids is 1. The Balaban J connectivity index is 1.82. The van der Waals surface area contributed by atoms with Gasteiger partial charge in [-0.1, -0.05) is 30.3 Å². The first-order valence-corrected chi connectivity index (χ1v) is 9.50. The van der Waals surface area contributed by atoms with Crippen molar-refractivity contribution >= 4 is 17.3 Å². The standard InChI is InChI=1S/C21H26N4O3/c1-23(2)20(16-8-4-3-5-9-16)15-22-21(26)18-14-17(25(27)28)10-11-19(18)24-12-6-7-13-24/h3-5,8-11,14,20H,6-7,12-13,15H2,1-2H3,(H,22,26). The lowest BCUT2D eigenvalue weighted by molar-refractivity contribution is -0.384. The van der Waals surface area contributed by atoms with Gasteiger partial charge in [-0.3, -0.25) is 14.9 Å². The van der Waals surface area contributed by atoms with Crippen LogP contribution in [0.4, 0.5) is 11.4 Å². The Bertz CT molecular complexity index is 833. The van der Waals surface area contributed by atoms with Gasteiger partial charge >= 0.3 is 0 Å². The predicted octanol–water partition coefficient (Wildman–Crippen LogP) is 3.23. The number of rotatable bonds is 7. The Labute approximate surface area is 165 Å². The summed E-state index contributed by atoms with van der Waals surface area (Å²) in [6.07, 6.45) is 2.13. The van der Waals surface area contributed by atoms with Crippen LogP contribution in [0.25, 0.3) is 0 Å². The van der Waals surface area contributed by atoms with Gasteiger partial charge < -0.3 is 15.1 Å². The largest absolute Gasteiger partial charge is 0.371 e. The predicted molar refractivity (Wildman–Crippen MR) is 110 cm³/mol. The van der Waals surface area contributed by atoms with Gasteiger partial charge in [-0.2, -0.15) is 0 Å². The molecule has 1 aliphatic rings. The van der Waals surface area contributed by atoms with Crippen LogP contribution in [0, 0.1) is 10.1 Å². The maximum absolute atomic E-state index is 13.0. The SMILES string of the molecule is CN(C)C(CNC(=O)c1cc([N+](=O)[O-])ccc1N1CCCC1)c1ccccc1. The first-order valence-electron chi connectivity index (χ1n) is 9.50. The molecule has 1 heterocycles. The molecule has 0 aliphatic carbocycles. The summed E-state index contributed by atoms with van der Waals surface area (Å²) in [6, 6.07) is 14.5. The highest BCUT2D eigenvalue weighted by molar-refractivity contribution is 6.00. The normalized spacial score (nSPS) is 14.9. The molecular weight excluding hydrogens is 356 g/mol. The number of carbonyl (C=O) groups is 1. The molecule has 0 radical (unpaired) electrons. The van der Waals surface area contributed by atoms with Gasteiger partial charge in [0.1, 0.15) is 0 Å². The van der Waals surface area contributed by atoms with E-state index in [0.717, 1.165) is 37.2 Å². The van der Waals surface area contributed by atoms with E-state index in [-0.39, 0.29) is 17.6 Å². The van der Waals surface area contributed by atoms with Gasteiger partial charge in [-0.15, -0.1) is 0 Å². The van der Waals surface area contributed by atoms with Gasteiger partial charge in [0.25, 0.3) is 11.6 Å². The molecular formula is C21H26N4O3. The van der Waals surface area contributed by atoms with Gasteiger partial charge in [-0.05, 0) is 38.6 Å². The Kier molecular flexibility index (Phi) is 6.26. The Hall–Kier alpha value is -2.93. The molecule has 1 fully saturated rings. The third-order valence-corrected chi connectivity index (χ3v) is 5.15. The molecule has 1 aliphatic heterocycles. The molecule has 2 aromatic carbocycles. The van der Waals surface area contributed by atoms with Crippen molar-refractivity contribution in [3.8, 4) is 0 Å². The monoisotopic (exact) mass is 382 g/mol.